The maximum Gasteiger partial charge on any atom is 0.300 e. The summed E-state index contributed by atoms with van der Waals surface area (Å²) in [5, 5.41) is 6.16. The first-order chi connectivity index (χ1) is 8.19. The molecule has 1 aliphatic carbocycles. The van der Waals surface area contributed by atoms with Crippen LogP contribution in [0, 0.1) is 11.8 Å². The van der Waals surface area contributed by atoms with E-state index < -0.39 is 0 Å². The van der Waals surface area contributed by atoms with Gasteiger partial charge in [0.25, 0.3) is 5.91 Å². The molecule has 2 N–H and O–H groups in total. The Labute approximate surface area is 109 Å². The van der Waals surface area contributed by atoms with Gasteiger partial charge in [-0.05, 0) is 43.9 Å². The minimum Gasteiger partial charge on any atom is -0.381 e. The number of hydrogen-bond donors (Lipinski definition) is 2. The summed E-state index contributed by atoms with van der Waals surface area (Å²) in [6, 6.07) is 6.33. The van der Waals surface area contributed by atoms with Crippen molar-refractivity contribution in [3.8, 4) is 11.8 Å². The van der Waals surface area contributed by atoms with Crippen LogP contribution < -0.4 is 10.6 Å². The highest BCUT2D eigenvalue weighted by molar-refractivity contribution is 9.10. The molecule has 1 aromatic carbocycles. The van der Waals surface area contributed by atoms with Gasteiger partial charge in [-0.25, -0.2) is 0 Å². The molecule has 0 bridgehead atoms. The van der Waals surface area contributed by atoms with Gasteiger partial charge >= 0.3 is 0 Å². The average Bonchev–Trinajstić information content (AvgIpc) is 3.06. The smallest absolute Gasteiger partial charge is 0.300 e. The Morgan fingerprint density at radius 1 is 1.41 bits per heavy atom. The summed E-state index contributed by atoms with van der Waals surface area (Å²) >= 11 is 3.39. The van der Waals surface area contributed by atoms with E-state index in [1.54, 1.807) is 6.92 Å². The van der Waals surface area contributed by atoms with Gasteiger partial charge in [0.1, 0.15) is 0 Å². The van der Waals surface area contributed by atoms with E-state index in [-0.39, 0.29) is 5.91 Å². The van der Waals surface area contributed by atoms with Crippen LogP contribution in [-0.2, 0) is 4.79 Å². The van der Waals surface area contributed by atoms with E-state index in [0.717, 1.165) is 15.8 Å². The lowest BCUT2D eigenvalue weighted by Crippen LogP contribution is -2.11. The average molecular weight is 293 g/mol. The monoisotopic (exact) mass is 292 g/mol. The second-order valence-electron chi connectivity index (χ2n) is 3.94. The molecule has 17 heavy (non-hydrogen) atoms. The molecule has 3 nitrogen and oxygen atoms in total. The number of rotatable bonds is 3. The Kier molecular flexibility index (Phi) is 3.70. The minimum atomic E-state index is -0.288. The second-order valence-corrected chi connectivity index (χ2v) is 4.85. The van der Waals surface area contributed by atoms with E-state index in [1.807, 2.05) is 18.2 Å². The number of amides is 1. The molecule has 0 radical (unpaired) electrons. The second kappa shape index (κ2) is 5.24. The van der Waals surface area contributed by atoms with Gasteiger partial charge in [-0.15, -0.1) is 0 Å². The third kappa shape index (κ3) is 3.50. The van der Waals surface area contributed by atoms with Crippen LogP contribution in [0.1, 0.15) is 19.8 Å². The van der Waals surface area contributed by atoms with Crippen LogP contribution in [0.5, 0.6) is 0 Å². The molecule has 0 saturated heterocycles. The van der Waals surface area contributed by atoms with E-state index in [0.29, 0.717) is 6.04 Å². The van der Waals surface area contributed by atoms with Crippen molar-refractivity contribution in [2.45, 2.75) is 25.8 Å². The largest absolute Gasteiger partial charge is 0.381 e. The molecule has 1 amide bonds. The van der Waals surface area contributed by atoms with E-state index in [1.165, 1.54) is 12.8 Å². The highest BCUT2D eigenvalue weighted by atomic mass is 79.9. The molecule has 88 valence electrons. The zero-order valence-electron chi connectivity index (χ0n) is 9.51. The molecule has 0 atom stereocenters. The number of nitrogens with one attached hydrogen (secondary N) is 2. The summed E-state index contributed by atoms with van der Waals surface area (Å²) in [5.74, 6) is 4.76. The molecule has 1 fully saturated rings. The fourth-order valence-electron chi connectivity index (χ4n) is 1.46. The van der Waals surface area contributed by atoms with Crippen molar-refractivity contribution >= 4 is 33.2 Å². The molecule has 0 aliphatic heterocycles. The summed E-state index contributed by atoms with van der Waals surface area (Å²) in [7, 11) is 0. The van der Waals surface area contributed by atoms with Crippen molar-refractivity contribution in [1.29, 1.82) is 0 Å². The van der Waals surface area contributed by atoms with Crippen LogP contribution in [0.15, 0.2) is 22.7 Å². The van der Waals surface area contributed by atoms with Crippen LogP contribution in [0.3, 0.4) is 0 Å². The van der Waals surface area contributed by atoms with Crippen molar-refractivity contribution in [2.75, 3.05) is 10.6 Å². The topological polar surface area (TPSA) is 41.1 Å². The van der Waals surface area contributed by atoms with Crippen LogP contribution in [0.4, 0.5) is 11.4 Å². The normalized spacial score (nSPS) is 13.5. The van der Waals surface area contributed by atoms with Gasteiger partial charge in [0, 0.05) is 10.5 Å². The zero-order chi connectivity index (χ0) is 12.3. The van der Waals surface area contributed by atoms with E-state index in [2.05, 4.69) is 38.4 Å². The van der Waals surface area contributed by atoms with Crippen LogP contribution in [-0.4, -0.2) is 11.9 Å². The van der Waals surface area contributed by atoms with Crippen LogP contribution in [0.2, 0.25) is 0 Å². The fraction of sp³-hybridized carbons (Fsp3) is 0.308. The summed E-state index contributed by atoms with van der Waals surface area (Å²) in [6.07, 6.45) is 2.39. The molecular formula is C13H13BrN2O. The van der Waals surface area contributed by atoms with Crippen molar-refractivity contribution < 1.29 is 4.79 Å². The standard InChI is InChI=1S/C13H13BrN2O/c1-2-3-13(17)16-12-8-9(14)4-7-11(12)15-10-5-6-10/h4,7-8,10,15H,5-6H2,1H3,(H,16,17). The third-order valence-corrected chi connectivity index (χ3v) is 2.90. The maximum atomic E-state index is 11.4. The highest BCUT2D eigenvalue weighted by Crippen LogP contribution is 2.31. The first kappa shape index (κ1) is 12.0. The predicted octanol–water partition coefficient (Wildman–Crippen LogP) is 2.99. The van der Waals surface area contributed by atoms with E-state index in [4.69, 9.17) is 0 Å². The first-order valence-corrected chi connectivity index (χ1v) is 6.28. The SMILES string of the molecule is CC#CC(=O)Nc1cc(Br)ccc1NC1CC1. The Morgan fingerprint density at radius 2 is 2.18 bits per heavy atom. The van der Waals surface area contributed by atoms with Crippen LogP contribution >= 0.6 is 15.9 Å². The molecular weight excluding hydrogens is 280 g/mol. The molecule has 1 aromatic rings. The number of benzene rings is 1. The summed E-state index contributed by atoms with van der Waals surface area (Å²) in [4.78, 5) is 11.4. The molecule has 2 rings (SSSR count). The quantitative estimate of drug-likeness (QED) is 0.841. The van der Waals surface area contributed by atoms with Crippen molar-refractivity contribution in [3.05, 3.63) is 22.7 Å². The Balaban J connectivity index is 2.18. The first-order valence-electron chi connectivity index (χ1n) is 5.49. The van der Waals surface area contributed by atoms with Crippen molar-refractivity contribution in [2.24, 2.45) is 0 Å². The van der Waals surface area contributed by atoms with Crippen molar-refractivity contribution in [1.82, 2.24) is 0 Å². The van der Waals surface area contributed by atoms with Gasteiger partial charge < -0.3 is 10.6 Å². The third-order valence-electron chi connectivity index (χ3n) is 2.41. The van der Waals surface area contributed by atoms with Gasteiger partial charge in [-0.3, -0.25) is 4.79 Å². The molecule has 0 spiro atoms. The van der Waals surface area contributed by atoms with Gasteiger partial charge in [0.05, 0.1) is 11.4 Å². The number of hydrogen-bond acceptors (Lipinski definition) is 2. The lowest BCUT2D eigenvalue weighted by atomic mass is 10.2. The molecule has 1 aliphatic rings. The van der Waals surface area contributed by atoms with Gasteiger partial charge in [0.15, 0.2) is 0 Å². The molecule has 4 heteroatoms. The Hall–Kier alpha value is -1.47. The summed E-state index contributed by atoms with van der Waals surface area (Å²) in [5.41, 5.74) is 1.71. The predicted molar refractivity (Wildman–Crippen MR) is 72.9 cm³/mol. The minimum absolute atomic E-state index is 0.288. The van der Waals surface area contributed by atoms with Gasteiger partial charge in [-0.2, -0.15) is 0 Å². The fourth-order valence-corrected chi connectivity index (χ4v) is 1.82. The van der Waals surface area contributed by atoms with E-state index in [9.17, 15) is 4.79 Å². The van der Waals surface area contributed by atoms with E-state index >= 15 is 0 Å². The number of carbonyl (C=O) groups is 1. The number of carbonyl (C=O) groups excluding carboxylic acids is 1. The molecule has 0 unspecified atom stereocenters. The highest BCUT2D eigenvalue weighted by Gasteiger charge is 2.22. The Bertz CT molecular complexity index is 498. The summed E-state index contributed by atoms with van der Waals surface area (Å²) in [6.45, 7) is 1.64. The van der Waals surface area contributed by atoms with Crippen LogP contribution in [0.25, 0.3) is 0 Å². The lowest BCUT2D eigenvalue weighted by Gasteiger charge is -2.11. The van der Waals surface area contributed by atoms with Gasteiger partial charge in [-0.1, -0.05) is 21.9 Å². The number of anilines is 2. The Morgan fingerprint density at radius 3 is 2.82 bits per heavy atom. The van der Waals surface area contributed by atoms with Gasteiger partial charge in [0.2, 0.25) is 0 Å². The van der Waals surface area contributed by atoms with Crippen molar-refractivity contribution in [3.63, 3.8) is 0 Å². The molecule has 1 saturated carbocycles. The molecule has 0 heterocycles. The number of halogens is 1. The maximum absolute atomic E-state index is 11.4. The summed E-state index contributed by atoms with van der Waals surface area (Å²) < 4.78 is 0.929. The zero-order valence-corrected chi connectivity index (χ0v) is 11.1. The lowest BCUT2D eigenvalue weighted by molar-refractivity contribution is -0.111. The molecule has 0 aromatic heterocycles.